The number of ketones is 2. The topological polar surface area (TPSA) is 73.7 Å². The summed E-state index contributed by atoms with van der Waals surface area (Å²) in [5, 5.41) is 9.96. The molecule has 0 saturated heterocycles. The van der Waals surface area contributed by atoms with Gasteiger partial charge in [0.05, 0.1) is 6.07 Å². The Labute approximate surface area is 153 Å². The van der Waals surface area contributed by atoms with Crippen LogP contribution in [-0.2, 0) is 4.79 Å². The van der Waals surface area contributed by atoms with E-state index in [1.807, 2.05) is 0 Å². The van der Waals surface area contributed by atoms with Gasteiger partial charge in [-0.25, -0.2) is 8.78 Å². The van der Waals surface area contributed by atoms with Crippen LogP contribution in [0.2, 0.25) is 0 Å². The number of allylic oxidation sites excluding steroid dienone is 1. The average Bonchev–Trinajstić information content (AvgIpc) is 2.97. The molecule has 1 N–H and O–H groups in total. The molecular weight excluding hydrogens is 350 g/mol. The molecule has 1 heterocycles. The molecule has 134 valence electrons. The summed E-state index contributed by atoms with van der Waals surface area (Å²) in [5.41, 5.74) is 1.11. The maximum atomic E-state index is 13.7. The lowest BCUT2D eigenvalue weighted by molar-refractivity contribution is -0.115. The molecule has 3 rings (SSSR count). The van der Waals surface area contributed by atoms with Crippen LogP contribution in [0.25, 0.3) is 17.0 Å². The number of nitrogens with zero attached hydrogens (tertiary/aromatic N) is 1. The molecule has 4 nitrogen and oxygen atoms in total. The van der Waals surface area contributed by atoms with Crippen molar-refractivity contribution in [1.82, 2.24) is 4.98 Å². The number of hydrogen-bond acceptors (Lipinski definition) is 3. The van der Waals surface area contributed by atoms with E-state index in [4.69, 9.17) is 0 Å². The number of aryl methyl sites for hydroxylation is 1. The lowest BCUT2D eigenvalue weighted by atomic mass is 9.92. The molecule has 0 aliphatic heterocycles. The lowest BCUT2D eigenvalue weighted by Crippen LogP contribution is -2.21. The van der Waals surface area contributed by atoms with Gasteiger partial charge in [0.15, 0.2) is 17.5 Å². The van der Waals surface area contributed by atoms with Crippen LogP contribution in [0.5, 0.6) is 0 Å². The number of halogens is 2. The summed E-state index contributed by atoms with van der Waals surface area (Å²) in [7, 11) is 0. The average molecular weight is 364 g/mol. The molecule has 1 aromatic heterocycles. The lowest BCUT2D eigenvalue weighted by Gasteiger charge is -2.05. The zero-order valence-electron chi connectivity index (χ0n) is 14.3. The van der Waals surface area contributed by atoms with Crippen LogP contribution in [0.4, 0.5) is 8.78 Å². The first-order valence-corrected chi connectivity index (χ1v) is 8.11. The quantitative estimate of drug-likeness (QED) is 0.415. The van der Waals surface area contributed by atoms with Gasteiger partial charge in [0.2, 0.25) is 0 Å². The van der Waals surface area contributed by atoms with Crippen molar-refractivity contribution in [3.05, 3.63) is 77.0 Å². The second-order valence-corrected chi connectivity index (χ2v) is 5.97. The summed E-state index contributed by atoms with van der Waals surface area (Å²) in [6.07, 6.45) is 1.80. The summed E-state index contributed by atoms with van der Waals surface area (Å²) < 4.78 is 27.3. The van der Waals surface area contributed by atoms with Crippen molar-refractivity contribution in [2.75, 3.05) is 0 Å². The second kappa shape index (κ2) is 7.34. The predicted molar refractivity (Wildman–Crippen MR) is 96.9 cm³/mol. The highest BCUT2D eigenvalue weighted by Crippen LogP contribution is 2.25. The molecule has 0 amide bonds. The summed E-state index contributed by atoms with van der Waals surface area (Å²) in [6.45, 7) is 1.68. The number of nitrogens with one attached hydrogen (secondary N) is 1. The highest BCUT2D eigenvalue weighted by atomic mass is 19.1. The fraction of sp³-hybridized carbons (Fsp3) is 0.0952. The third-order valence-electron chi connectivity index (χ3n) is 4.23. The van der Waals surface area contributed by atoms with E-state index in [1.165, 1.54) is 6.07 Å². The van der Waals surface area contributed by atoms with Gasteiger partial charge < -0.3 is 4.98 Å². The Kier molecular flexibility index (Phi) is 4.95. The maximum Gasteiger partial charge on any atom is 0.190 e. The molecule has 0 spiro atoms. The van der Waals surface area contributed by atoms with Crippen molar-refractivity contribution in [2.45, 2.75) is 6.92 Å². The molecule has 3 aromatic rings. The van der Waals surface area contributed by atoms with Crippen LogP contribution in [0.15, 0.2) is 48.5 Å². The minimum atomic E-state index is -1.60. The molecule has 1 atom stereocenters. The minimum absolute atomic E-state index is 0.260. The van der Waals surface area contributed by atoms with E-state index in [9.17, 15) is 23.6 Å². The van der Waals surface area contributed by atoms with Gasteiger partial charge in [-0.1, -0.05) is 24.3 Å². The SMILES string of the molecule is Cc1[nH]c2ccccc2c1C(=O)C(C#N)C(=O)/C=C/c1c(F)cccc1F. The molecular formula is C21H14F2N2O2. The number of para-hydroxylation sites is 1. The fourth-order valence-corrected chi connectivity index (χ4v) is 2.92. The van der Waals surface area contributed by atoms with E-state index in [2.05, 4.69) is 4.98 Å². The Morgan fingerprint density at radius 2 is 1.78 bits per heavy atom. The second-order valence-electron chi connectivity index (χ2n) is 5.97. The number of hydrogen-bond donors (Lipinski definition) is 1. The number of nitriles is 1. The smallest absolute Gasteiger partial charge is 0.190 e. The molecule has 0 saturated carbocycles. The zero-order chi connectivity index (χ0) is 19.6. The van der Waals surface area contributed by atoms with Gasteiger partial charge in [-0.2, -0.15) is 5.26 Å². The van der Waals surface area contributed by atoms with Crippen molar-refractivity contribution in [3.8, 4) is 6.07 Å². The molecule has 6 heteroatoms. The maximum absolute atomic E-state index is 13.7. The van der Waals surface area contributed by atoms with E-state index in [1.54, 1.807) is 37.3 Å². The highest BCUT2D eigenvalue weighted by Gasteiger charge is 2.29. The summed E-state index contributed by atoms with van der Waals surface area (Å²) in [6, 6.07) is 12.0. The summed E-state index contributed by atoms with van der Waals surface area (Å²) in [4.78, 5) is 28.2. The Balaban J connectivity index is 1.93. The van der Waals surface area contributed by atoms with E-state index in [-0.39, 0.29) is 5.56 Å². The van der Waals surface area contributed by atoms with Crippen LogP contribution in [-0.4, -0.2) is 16.6 Å². The van der Waals surface area contributed by atoms with Crippen LogP contribution in [0.1, 0.15) is 21.6 Å². The number of rotatable bonds is 5. The van der Waals surface area contributed by atoms with Crippen LogP contribution in [0.3, 0.4) is 0 Å². The first-order chi connectivity index (χ1) is 12.9. The van der Waals surface area contributed by atoms with Gasteiger partial charge in [0, 0.05) is 27.7 Å². The van der Waals surface area contributed by atoms with Crippen LogP contribution >= 0.6 is 0 Å². The first-order valence-electron chi connectivity index (χ1n) is 8.11. The van der Waals surface area contributed by atoms with Crippen molar-refractivity contribution in [1.29, 1.82) is 5.26 Å². The van der Waals surface area contributed by atoms with Gasteiger partial charge in [0.1, 0.15) is 11.6 Å². The standard InChI is InChI=1S/C21H14F2N2O2/c1-12-20(14-5-2-3-8-18(14)25-12)21(27)15(11-24)19(26)10-9-13-16(22)6-4-7-17(13)23/h2-10,15,25H,1H3/b10-9+. The molecule has 0 aliphatic carbocycles. The summed E-state index contributed by atoms with van der Waals surface area (Å²) >= 11 is 0. The Morgan fingerprint density at radius 3 is 2.44 bits per heavy atom. The van der Waals surface area contributed by atoms with Gasteiger partial charge in [-0.15, -0.1) is 0 Å². The number of Topliss-reactive ketones (excluding diaryl/α,β-unsaturated/α-hetero) is 1. The van der Waals surface area contributed by atoms with E-state index in [0.29, 0.717) is 16.6 Å². The molecule has 1 unspecified atom stereocenters. The Bertz CT molecular complexity index is 1100. The van der Waals surface area contributed by atoms with E-state index < -0.39 is 34.7 Å². The van der Waals surface area contributed by atoms with E-state index in [0.717, 1.165) is 24.3 Å². The van der Waals surface area contributed by atoms with Crippen molar-refractivity contribution >= 4 is 28.5 Å². The molecule has 2 aromatic carbocycles. The van der Waals surface area contributed by atoms with Gasteiger partial charge in [-0.3, -0.25) is 9.59 Å². The fourth-order valence-electron chi connectivity index (χ4n) is 2.92. The monoisotopic (exact) mass is 364 g/mol. The first kappa shape index (κ1) is 18.2. The molecule has 27 heavy (non-hydrogen) atoms. The Hall–Kier alpha value is -3.59. The van der Waals surface area contributed by atoms with Crippen LogP contribution < -0.4 is 0 Å². The number of benzene rings is 2. The number of aromatic amines is 1. The largest absolute Gasteiger partial charge is 0.358 e. The number of carbonyl (C=O) groups is 2. The van der Waals surface area contributed by atoms with Gasteiger partial charge in [-0.05, 0) is 37.3 Å². The third-order valence-corrected chi connectivity index (χ3v) is 4.23. The minimum Gasteiger partial charge on any atom is -0.358 e. The normalized spacial score (nSPS) is 12.2. The van der Waals surface area contributed by atoms with Crippen molar-refractivity contribution < 1.29 is 18.4 Å². The molecule has 0 bridgehead atoms. The number of aromatic nitrogens is 1. The molecule has 0 aliphatic rings. The van der Waals surface area contributed by atoms with E-state index >= 15 is 0 Å². The highest BCUT2D eigenvalue weighted by molar-refractivity contribution is 6.21. The van der Waals surface area contributed by atoms with Gasteiger partial charge in [0.25, 0.3) is 0 Å². The predicted octanol–water partition coefficient (Wildman–Crippen LogP) is 4.36. The number of H-pyrrole nitrogens is 1. The van der Waals surface area contributed by atoms with Crippen molar-refractivity contribution in [3.63, 3.8) is 0 Å². The third kappa shape index (κ3) is 3.40. The van der Waals surface area contributed by atoms with Crippen molar-refractivity contribution in [2.24, 2.45) is 5.92 Å². The number of carbonyl (C=O) groups excluding carboxylic acids is 2. The Morgan fingerprint density at radius 1 is 1.11 bits per heavy atom. The van der Waals surface area contributed by atoms with Crippen LogP contribution in [0, 0.1) is 35.8 Å². The number of fused-ring (bicyclic) bond motifs is 1. The summed E-state index contributed by atoms with van der Waals surface area (Å²) in [5.74, 6) is -4.78. The zero-order valence-corrected chi connectivity index (χ0v) is 14.3. The van der Waals surface area contributed by atoms with Gasteiger partial charge >= 0.3 is 0 Å². The molecule has 0 radical (unpaired) electrons. The molecule has 0 fully saturated rings.